The fourth-order valence-electron chi connectivity index (χ4n) is 2.86. The second-order valence-electron chi connectivity index (χ2n) is 6.12. The number of likely N-dealkylation sites (N-methyl/N-ethyl adjacent to an activating group) is 1. The van der Waals surface area contributed by atoms with Crippen LogP contribution in [0.25, 0.3) is 10.9 Å². The molecule has 1 aliphatic heterocycles. The van der Waals surface area contributed by atoms with Crippen LogP contribution in [-0.4, -0.2) is 69.5 Å². The lowest BCUT2D eigenvalue weighted by Crippen LogP contribution is -2.45. The third kappa shape index (κ3) is 4.11. The summed E-state index contributed by atoms with van der Waals surface area (Å²) in [6.07, 6.45) is 2.64. The Morgan fingerprint density at radius 2 is 1.96 bits per heavy atom. The molecule has 2 aromatic rings. The van der Waals surface area contributed by atoms with E-state index in [1.165, 1.54) is 0 Å². The molecular formula is C16H24N4O2S. The first-order chi connectivity index (χ1) is 11.0. The summed E-state index contributed by atoms with van der Waals surface area (Å²) in [5, 5.41) is 1.01. The van der Waals surface area contributed by atoms with Crippen LogP contribution in [0, 0.1) is 0 Å². The molecule has 0 bridgehead atoms. The van der Waals surface area contributed by atoms with Crippen LogP contribution in [-0.2, 0) is 10.0 Å². The number of aromatic amines is 1. The smallest absolute Gasteiger partial charge is 0.240 e. The second-order valence-corrected chi connectivity index (χ2v) is 7.89. The first-order valence-corrected chi connectivity index (χ1v) is 9.51. The minimum atomic E-state index is -3.44. The molecular weight excluding hydrogens is 312 g/mol. The first-order valence-electron chi connectivity index (χ1n) is 8.02. The maximum Gasteiger partial charge on any atom is 0.240 e. The van der Waals surface area contributed by atoms with E-state index in [0.717, 1.165) is 50.0 Å². The monoisotopic (exact) mass is 336 g/mol. The third-order valence-electron chi connectivity index (χ3n) is 4.38. The maximum absolute atomic E-state index is 12.3. The summed E-state index contributed by atoms with van der Waals surface area (Å²) in [5.41, 5.74) is 0.838. The zero-order valence-corrected chi connectivity index (χ0v) is 14.3. The molecule has 0 radical (unpaired) electrons. The average molecular weight is 336 g/mol. The van der Waals surface area contributed by atoms with Gasteiger partial charge in [-0.15, -0.1) is 0 Å². The van der Waals surface area contributed by atoms with E-state index < -0.39 is 10.0 Å². The van der Waals surface area contributed by atoms with E-state index in [1.54, 1.807) is 12.1 Å². The van der Waals surface area contributed by atoms with E-state index in [9.17, 15) is 8.42 Å². The van der Waals surface area contributed by atoms with Crippen LogP contribution in [0.15, 0.2) is 35.4 Å². The molecule has 3 rings (SSSR count). The average Bonchev–Trinajstić information content (AvgIpc) is 3.01. The van der Waals surface area contributed by atoms with Crippen LogP contribution in [0.5, 0.6) is 0 Å². The lowest BCUT2D eigenvalue weighted by atomic mass is 10.2. The molecule has 23 heavy (non-hydrogen) atoms. The van der Waals surface area contributed by atoms with Gasteiger partial charge in [0.25, 0.3) is 0 Å². The Hall–Kier alpha value is -1.41. The molecule has 0 saturated carbocycles. The lowest BCUT2D eigenvalue weighted by molar-refractivity contribution is 0.153. The van der Waals surface area contributed by atoms with Gasteiger partial charge in [0.15, 0.2) is 0 Å². The Balaban J connectivity index is 1.50. The predicted octanol–water partition coefficient (Wildman–Crippen LogP) is 1.08. The third-order valence-corrected chi connectivity index (χ3v) is 5.83. The van der Waals surface area contributed by atoms with E-state index in [0.29, 0.717) is 11.4 Å². The van der Waals surface area contributed by atoms with Crippen LogP contribution in [0.2, 0.25) is 0 Å². The highest BCUT2D eigenvalue weighted by molar-refractivity contribution is 7.89. The van der Waals surface area contributed by atoms with Crippen molar-refractivity contribution in [1.82, 2.24) is 19.5 Å². The summed E-state index contributed by atoms with van der Waals surface area (Å²) in [6, 6.07) is 7.08. The van der Waals surface area contributed by atoms with Crippen molar-refractivity contribution < 1.29 is 8.42 Å². The van der Waals surface area contributed by atoms with Gasteiger partial charge in [0.2, 0.25) is 10.0 Å². The number of nitrogens with one attached hydrogen (secondary N) is 2. The zero-order chi connectivity index (χ0) is 16.3. The molecule has 1 aliphatic rings. The van der Waals surface area contributed by atoms with Gasteiger partial charge in [-0.1, -0.05) is 6.07 Å². The Morgan fingerprint density at radius 1 is 1.17 bits per heavy atom. The van der Waals surface area contributed by atoms with Gasteiger partial charge < -0.3 is 14.8 Å². The number of aromatic nitrogens is 1. The number of piperazine rings is 1. The van der Waals surface area contributed by atoms with Crippen molar-refractivity contribution in [2.75, 3.05) is 46.3 Å². The van der Waals surface area contributed by atoms with Crippen molar-refractivity contribution in [2.45, 2.75) is 11.3 Å². The van der Waals surface area contributed by atoms with Gasteiger partial charge in [0.1, 0.15) is 0 Å². The number of sulfonamides is 1. The molecule has 0 aliphatic carbocycles. The molecule has 0 spiro atoms. The molecule has 7 heteroatoms. The van der Waals surface area contributed by atoms with Gasteiger partial charge in [0.05, 0.1) is 4.90 Å². The molecule has 1 aromatic heterocycles. The number of hydrogen-bond acceptors (Lipinski definition) is 4. The molecule has 0 unspecified atom stereocenters. The SMILES string of the molecule is CN1CCN(CCCNS(=O)(=O)c2ccc3cc[nH]c3c2)CC1. The van der Waals surface area contributed by atoms with E-state index in [1.807, 2.05) is 18.3 Å². The van der Waals surface area contributed by atoms with E-state index >= 15 is 0 Å². The summed E-state index contributed by atoms with van der Waals surface area (Å²) in [6.45, 7) is 5.70. The van der Waals surface area contributed by atoms with Crippen LogP contribution >= 0.6 is 0 Å². The van der Waals surface area contributed by atoms with Crippen LogP contribution in [0.3, 0.4) is 0 Å². The molecule has 6 nitrogen and oxygen atoms in total. The number of rotatable bonds is 6. The molecule has 0 atom stereocenters. The fourth-order valence-corrected chi connectivity index (χ4v) is 3.96. The molecule has 2 heterocycles. The summed E-state index contributed by atoms with van der Waals surface area (Å²) in [5.74, 6) is 0. The largest absolute Gasteiger partial charge is 0.361 e. The topological polar surface area (TPSA) is 68.4 Å². The van der Waals surface area contributed by atoms with Crippen molar-refractivity contribution in [1.29, 1.82) is 0 Å². The maximum atomic E-state index is 12.3. The van der Waals surface area contributed by atoms with Gasteiger partial charge in [-0.05, 0) is 43.6 Å². The summed E-state index contributed by atoms with van der Waals surface area (Å²) in [7, 11) is -1.31. The van der Waals surface area contributed by atoms with E-state index in [4.69, 9.17) is 0 Å². The normalized spacial score (nSPS) is 17.8. The van der Waals surface area contributed by atoms with E-state index in [-0.39, 0.29) is 0 Å². The van der Waals surface area contributed by atoms with E-state index in [2.05, 4.69) is 26.6 Å². The van der Waals surface area contributed by atoms with Crippen molar-refractivity contribution >= 4 is 20.9 Å². The molecule has 1 aromatic carbocycles. The van der Waals surface area contributed by atoms with Crippen molar-refractivity contribution in [3.63, 3.8) is 0 Å². The number of H-pyrrole nitrogens is 1. The first kappa shape index (κ1) is 16.4. The predicted molar refractivity (Wildman–Crippen MR) is 92.0 cm³/mol. The van der Waals surface area contributed by atoms with Gasteiger partial charge in [-0.2, -0.15) is 0 Å². The van der Waals surface area contributed by atoms with Crippen molar-refractivity contribution in [3.05, 3.63) is 30.5 Å². The Bertz CT molecular complexity index is 748. The Kier molecular flexibility index (Phi) is 5.01. The quantitative estimate of drug-likeness (QED) is 0.775. The summed E-state index contributed by atoms with van der Waals surface area (Å²) in [4.78, 5) is 8.06. The highest BCUT2D eigenvalue weighted by Crippen LogP contribution is 2.17. The number of benzene rings is 1. The highest BCUT2D eigenvalue weighted by Gasteiger charge is 2.16. The van der Waals surface area contributed by atoms with Gasteiger partial charge >= 0.3 is 0 Å². The summed E-state index contributed by atoms with van der Waals surface area (Å²) >= 11 is 0. The van der Waals surface area contributed by atoms with Crippen molar-refractivity contribution in [2.24, 2.45) is 0 Å². The molecule has 0 amide bonds. The number of nitrogens with zero attached hydrogens (tertiary/aromatic N) is 2. The lowest BCUT2D eigenvalue weighted by Gasteiger charge is -2.32. The Labute approximate surface area is 137 Å². The van der Waals surface area contributed by atoms with Crippen LogP contribution < -0.4 is 4.72 Å². The number of hydrogen-bond donors (Lipinski definition) is 2. The standard InChI is InChI=1S/C16H24N4O2S/c1-19-9-11-20(12-10-19)8-2-6-18-23(21,22)15-4-3-14-5-7-17-16(14)13-15/h3-5,7,13,17-18H,2,6,8-12H2,1H3. The van der Waals surface area contributed by atoms with Gasteiger partial charge in [-0.3, -0.25) is 0 Å². The molecule has 1 fully saturated rings. The highest BCUT2D eigenvalue weighted by atomic mass is 32.2. The Morgan fingerprint density at radius 3 is 2.74 bits per heavy atom. The molecule has 1 saturated heterocycles. The summed E-state index contributed by atoms with van der Waals surface area (Å²) < 4.78 is 27.4. The second kappa shape index (κ2) is 7.00. The minimum Gasteiger partial charge on any atom is -0.361 e. The van der Waals surface area contributed by atoms with Crippen LogP contribution in [0.4, 0.5) is 0 Å². The van der Waals surface area contributed by atoms with Gasteiger partial charge in [0, 0.05) is 44.4 Å². The fraction of sp³-hybridized carbons (Fsp3) is 0.500. The van der Waals surface area contributed by atoms with Crippen molar-refractivity contribution in [3.8, 4) is 0 Å². The molecule has 126 valence electrons. The minimum absolute atomic E-state index is 0.312. The molecule has 2 N–H and O–H groups in total. The van der Waals surface area contributed by atoms with Gasteiger partial charge in [-0.25, -0.2) is 13.1 Å². The number of fused-ring (bicyclic) bond motifs is 1. The zero-order valence-electron chi connectivity index (χ0n) is 13.5. The van der Waals surface area contributed by atoms with Crippen LogP contribution in [0.1, 0.15) is 6.42 Å².